The molecule has 5 nitrogen and oxygen atoms in total. The molecule has 1 heterocycles. The Labute approximate surface area is 89.4 Å². The van der Waals surface area contributed by atoms with Crippen molar-refractivity contribution < 1.29 is 24.3 Å². The molecule has 1 aliphatic carbocycles. The lowest BCUT2D eigenvalue weighted by atomic mass is 9.79. The lowest BCUT2D eigenvalue weighted by molar-refractivity contribution is -0.584. The van der Waals surface area contributed by atoms with Crippen LogP contribution in [0.1, 0.15) is 32.6 Å². The van der Waals surface area contributed by atoms with Gasteiger partial charge in [-0.15, -0.1) is 0 Å². The summed E-state index contributed by atoms with van der Waals surface area (Å²) in [5.41, 5.74) is 0. The van der Waals surface area contributed by atoms with Gasteiger partial charge in [0.2, 0.25) is 11.6 Å². The first-order chi connectivity index (χ1) is 7.14. The molecule has 2 fully saturated rings. The summed E-state index contributed by atoms with van der Waals surface area (Å²) in [6.07, 6.45) is 3.61. The van der Waals surface area contributed by atoms with Gasteiger partial charge in [-0.3, -0.25) is 0 Å². The zero-order valence-corrected chi connectivity index (χ0v) is 9.45. The second-order valence-electron chi connectivity index (χ2n) is 4.34. The van der Waals surface area contributed by atoms with E-state index in [1.165, 1.54) is 7.11 Å². The van der Waals surface area contributed by atoms with Crippen molar-refractivity contribution in [3.63, 3.8) is 0 Å². The van der Waals surface area contributed by atoms with Crippen molar-refractivity contribution in [3.8, 4) is 0 Å². The molecule has 1 aliphatic heterocycles. The fraction of sp³-hybridized carbons (Fsp3) is 1.00. The van der Waals surface area contributed by atoms with Crippen LogP contribution < -0.4 is 0 Å². The third-order valence-electron chi connectivity index (χ3n) is 3.41. The van der Waals surface area contributed by atoms with Gasteiger partial charge in [0.15, 0.2) is 0 Å². The maximum atomic E-state index is 5.34. The molecule has 0 unspecified atom stereocenters. The molecule has 2 aliphatic rings. The van der Waals surface area contributed by atoms with Crippen LogP contribution in [0.4, 0.5) is 0 Å². The van der Waals surface area contributed by atoms with Gasteiger partial charge in [-0.25, -0.2) is 4.89 Å². The van der Waals surface area contributed by atoms with Crippen LogP contribution in [0.15, 0.2) is 0 Å². The highest BCUT2D eigenvalue weighted by atomic mass is 17.3. The number of rotatable bonds is 3. The standard InChI is InChI=1S/C10H18O5/c1-9(11-2)8-5-4-6-10(7-8,14-12-3)15-13-9/h8H,4-7H2,1-3H3/t8-,9-,10+/m1/s1. The van der Waals surface area contributed by atoms with E-state index in [1.54, 1.807) is 7.11 Å². The smallest absolute Gasteiger partial charge is 0.234 e. The number of methoxy groups -OCH3 is 1. The van der Waals surface area contributed by atoms with Gasteiger partial charge in [0.25, 0.3) is 0 Å². The maximum absolute atomic E-state index is 5.34. The van der Waals surface area contributed by atoms with Crippen LogP contribution in [0.2, 0.25) is 0 Å². The van der Waals surface area contributed by atoms with E-state index in [0.29, 0.717) is 0 Å². The van der Waals surface area contributed by atoms with Crippen LogP contribution in [0.5, 0.6) is 0 Å². The van der Waals surface area contributed by atoms with Crippen molar-refractivity contribution in [1.82, 2.24) is 0 Å². The van der Waals surface area contributed by atoms with Gasteiger partial charge in [0.05, 0.1) is 7.11 Å². The van der Waals surface area contributed by atoms with Crippen molar-refractivity contribution in [2.24, 2.45) is 5.92 Å². The Morgan fingerprint density at radius 1 is 1.27 bits per heavy atom. The normalized spacial score (nSPS) is 45.4. The molecule has 2 bridgehead atoms. The second-order valence-corrected chi connectivity index (χ2v) is 4.34. The van der Waals surface area contributed by atoms with Gasteiger partial charge in [0, 0.05) is 25.9 Å². The third-order valence-corrected chi connectivity index (χ3v) is 3.41. The van der Waals surface area contributed by atoms with Crippen LogP contribution in [-0.2, 0) is 24.3 Å². The van der Waals surface area contributed by atoms with Crippen molar-refractivity contribution in [2.75, 3.05) is 14.2 Å². The molecular weight excluding hydrogens is 200 g/mol. The van der Waals surface area contributed by atoms with Gasteiger partial charge in [-0.1, -0.05) is 0 Å². The molecule has 3 atom stereocenters. The summed E-state index contributed by atoms with van der Waals surface area (Å²) in [4.78, 5) is 20.5. The van der Waals surface area contributed by atoms with Crippen molar-refractivity contribution in [1.29, 1.82) is 0 Å². The number of hydrogen-bond acceptors (Lipinski definition) is 5. The van der Waals surface area contributed by atoms with Crippen molar-refractivity contribution >= 4 is 0 Å². The zero-order chi connectivity index (χ0) is 10.9. The zero-order valence-electron chi connectivity index (χ0n) is 9.45. The largest absolute Gasteiger partial charge is 0.351 e. The summed E-state index contributed by atoms with van der Waals surface area (Å²) in [7, 11) is 3.11. The average molecular weight is 218 g/mol. The fourth-order valence-corrected chi connectivity index (χ4v) is 2.39. The Morgan fingerprint density at radius 3 is 2.73 bits per heavy atom. The summed E-state index contributed by atoms with van der Waals surface area (Å²) in [5, 5.41) is 0. The van der Waals surface area contributed by atoms with E-state index in [4.69, 9.17) is 24.3 Å². The summed E-state index contributed by atoms with van der Waals surface area (Å²) in [5.74, 6) is -1.13. The van der Waals surface area contributed by atoms with Gasteiger partial charge in [-0.05, 0) is 19.8 Å². The SMILES string of the molecule is COO[C@]12CCC[C@H](C1)[C@](C)(OC)OO2. The number of hydrogen-bond donors (Lipinski definition) is 0. The Bertz CT molecular complexity index is 230. The second kappa shape index (κ2) is 3.99. The molecule has 1 saturated carbocycles. The predicted molar refractivity (Wildman–Crippen MR) is 50.4 cm³/mol. The first-order valence-corrected chi connectivity index (χ1v) is 5.28. The number of ether oxygens (including phenoxy) is 1. The van der Waals surface area contributed by atoms with Gasteiger partial charge in [-0.2, -0.15) is 14.7 Å². The first-order valence-electron chi connectivity index (χ1n) is 5.28. The molecule has 0 amide bonds. The minimum absolute atomic E-state index is 0.278. The van der Waals surface area contributed by atoms with Crippen LogP contribution in [0.3, 0.4) is 0 Å². The fourth-order valence-electron chi connectivity index (χ4n) is 2.39. The van der Waals surface area contributed by atoms with E-state index in [2.05, 4.69) is 0 Å². The molecule has 0 aromatic rings. The number of fused-ring (bicyclic) bond motifs is 2. The van der Waals surface area contributed by atoms with Crippen molar-refractivity contribution in [3.05, 3.63) is 0 Å². The lowest BCUT2D eigenvalue weighted by Gasteiger charge is -2.49. The molecule has 0 N–H and O–H groups in total. The van der Waals surface area contributed by atoms with Crippen LogP contribution in [0.25, 0.3) is 0 Å². The third kappa shape index (κ3) is 1.90. The lowest BCUT2D eigenvalue weighted by Crippen LogP contribution is -2.55. The highest BCUT2D eigenvalue weighted by Gasteiger charge is 2.54. The Kier molecular flexibility index (Phi) is 3.00. The summed E-state index contributed by atoms with van der Waals surface area (Å²) in [6.45, 7) is 1.89. The highest BCUT2D eigenvalue weighted by Crippen LogP contribution is 2.47. The summed E-state index contributed by atoms with van der Waals surface area (Å²) < 4.78 is 5.34. The van der Waals surface area contributed by atoms with E-state index >= 15 is 0 Å². The quantitative estimate of drug-likeness (QED) is 0.533. The van der Waals surface area contributed by atoms with Crippen LogP contribution in [-0.4, -0.2) is 25.8 Å². The van der Waals surface area contributed by atoms with E-state index in [0.717, 1.165) is 25.7 Å². The molecule has 0 radical (unpaired) electrons. The molecule has 88 valence electrons. The van der Waals surface area contributed by atoms with Gasteiger partial charge >= 0.3 is 0 Å². The molecular formula is C10H18O5. The topological polar surface area (TPSA) is 46.2 Å². The molecule has 0 spiro atoms. The Balaban J connectivity index is 2.11. The van der Waals surface area contributed by atoms with Crippen LogP contribution >= 0.6 is 0 Å². The van der Waals surface area contributed by atoms with Crippen molar-refractivity contribution in [2.45, 2.75) is 44.2 Å². The Morgan fingerprint density at radius 2 is 2.07 bits per heavy atom. The Hall–Kier alpha value is -0.200. The average Bonchev–Trinajstić information content (AvgIpc) is 2.26. The highest BCUT2D eigenvalue weighted by molar-refractivity contribution is 4.88. The molecule has 5 heteroatoms. The van der Waals surface area contributed by atoms with Crippen LogP contribution in [0, 0.1) is 5.92 Å². The van der Waals surface area contributed by atoms with E-state index in [9.17, 15) is 0 Å². The van der Waals surface area contributed by atoms with Gasteiger partial charge in [0.1, 0.15) is 0 Å². The molecule has 1 saturated heterocycles. The van der Waals surface area contributed by atoms with E-state index in [-0.39, 0.29) is 5.92 Å². The summed E-state index contributed by atoms with van der Waals surface area (Å²) in [6, 6.07) is 0. The molecule has 0 aromatic heterocycles. The maximum Gasteiger partial charge on any atom is 0.234 e. The first kappa shape index (κ1) is 11.3. The monoisotopic (exact) mass is 218 g/mol. The molecule has 2 rings (SSSR count). The predicted octanol–water partition coefficient (Wildman–Crippen LogP) is 1.78. The minimum Gasteiger partial charge on any atom is -0.351 e. The minimum atomic E-state index is -0.740. The van der Waals surface area contributed by atoms with Gasteiger partial charge < -0.3 is 4.74 Å². The van der Waals surface area contributed by atoms with E-state index < -0.39 is 11.6 Å². The molecule has 0 aromatic carbocycles. The summed E-state index contributed by atoms with van der Waals surface area (Å²) >= 11 is 0. The molecule has 15 heavy (non-hydrogen) atoms. The van der Waals surface area contributed by atoms with E-state index in [1.807, 2.05) is 6.92 Å².